The minimum atomic E-state index is -0.371. The van der Waals surface area contributed by atoms with Gasteiger partial charge in [0, 0.05) is 11.6 Å². The van der Waals surface area contributed by atoms with Gasteiger partial charge in [-0.3, -0.25) is 0 Å². The Morgan fingerprint density at radius 1 is 1.09 bits per heavy atom. The number of phenols is 1. The van der Waals surface area contributed by atoms with Crippen molar-refractivity contribution in [3.8, 4) is 11.5 Å². The molecule has 0 radical (unpaired) electrons. The van der Waals surface area contributed by atoms with Crippen LogP contribution >= 0.6 is 0 Å². The molecule has 4 nitrogen and oxygen atoms in total. The van der Waals surface area contributed by atoms with Gasteiger partial charge in [-0.25, -0.2) is 4.79 Å². The fourth-order valence-electron chi connectivity index (χ4n) is 4.55. The number of aryl methyl sites for hydroxylation is 1. The highest BCUT2D eigenvalue weighted by molar-refractivity contribution is 5.91. The van der Waals surface area contributed by atoms with Crippen LogP contribution in [-0.2, 0) is 0 Å². The van der Waals surface area contributed by atoms with Crippen LogP contribution in [0.5, 0.6) is 11.5 Å². The van der Waals surface area contributed by atoms with E-state index in [1.807, 2.05) is 86.7 Å². The van der Waals surface area contributed by atoms with E-state index < -0.39 is 0 Å². The van der Waals surface area contributed by atoms with E-state index in [0.717, 1.165) is 41.5 Å². The van der Waals surface area contributed by atoms with E-state index in [9.17, 15) is 9.90 Å². The van der Waals surface area contributed by atoms with Crippen LogP contribution in [0.25, 0.3) is 12.2 Å². The second-order valence-electron chi connectivity index (χ2n) is 8.93. The van der Waals surface area contributed by atoms with Crippen molar-refractivity contribution < 1.29 is 14.6 Å². The van der Waals surface area contributed by atoms with Crippen molar-refractivity contribution >= 4 is 18.1 Å². The minimum absolute atomic E-state index is 0.182. The summed E-state index contributed by atoms with van der Waals surface area (Å²) in [6.45, 7) is 3.84. The fraction of sp³-hybridized carbons (Fsp3) is 0.233. The zero-order valence-electron chi connectivity index (χ0n) is 19.7. The largest absolute Gasteiger partial charge is 0.507 e. The van der Waals surface area contributed by atoms with Gasteiger partial charge < -0.3 is 15.6 Å². The Hall–Kier alpha value is -3.63. The molecule has 1 fully saturated rings. The first-order chi connectivity index (χ1) is 16.4. The highest BCUT2D eigenvalue weighted by Gasteiger charge is 2.28. The molecule has 4 rings (SSSR count). The molecule has 174 valence electrons. The molecule has 34 heavy (non-hydrogen) atoms. The summed E-state index contributed by atoms with van der Waals surface area (Å²) in [7, 11) is 0. The number of esters is 1. The van der Waals surface area contributed by atoms with E-state index in [0.29, 0.717) is 23.0 Å². The van der Waals surface area contributed by atoms with E-state index in [1.54, 1.807) is 6.07 Å². The molecule has 2 atom stereocenters. The number of rotatable bonds is 6. The van der Waals surface area contributed by atoms with Gasteiger partial charge in [-0.1, -0.05) is 66.3 Å². The average molecular weight is 454 g/mol. The maximum absolute atomic E-state index is 12.5. The van der Waals surface area contributed by atoms with Crippen molar-refractivity contribution in [2.24, 2.45) is 11.7 Å². The van der Waals surface area contributed by atoms with Gasteiger partial charge >= 0.3 is 5.97 Å². The molecular formula is C30H31NO3. The molecule has 0 bridgehead atoms. The molecular weight excluding hydrogens is 422 g/mol. The van der Waals surface area contributed by atoms with Crippen molar-refractivity contribution in [3.05, 3.63) is 106 Å². The number of carbonyl (C=O) groups is 1. The molecule has 0 aromatic heterocycles. The van der Waals surface area contributed by atoms with E-state index in [2.05, 4.69) is 6.08 Å². The minimum Gasteiger partial charge on any atom is -0.507 e. The molecule has 0 amide bonds. The monoisotopic (exact) mass is 453 g/mol. The van der Waals surface area contributed by atoms with Gasteiger partial charge in [0.05, 0.1) is 5.56 Å². The molecule has 3 N–H and O–H groups in total. The van der Waals surface area contributed by atoms with Crippen LogP contribution in [-0.4, -0.2) is 11.1 Å². The topological polar surface area (TPSA) is 72.5 Å². The SMILES string of the molecule is C/C=C/c1cccc(C(=O)Oc2ccc(/C=C3/CCC(C(N)c4cccc(C)c4O)C3)cc2)c1. The number of ether oxygens (including phenoxy) is 1. The standard InChI is InChI=1S/C30H31NO3/c1-3-6-21-8-5-9-25(18-21)30(33)34-26-15-12-22(13-16-26)17-23-11-14-24(19-23)28(31)27-10-4-7-20(2)29(27)32/h3-10,12-13,15-18,24,28,32H,11,14,19,31H2,1-2H3/b6-3+,23-17-. The number of hydrogen-bond acceptors (Lipinski definition) is 4. The van der Waals surface area contributed by atoms with Gasteiger partial charge in [0.2, 0.25) is 0 Å². The number of carbonyl (C=O) groups excluding carboxylic acids is 1. The third-order valence-electron chi connectivity index (χ3n) is 6.44. The highest BCUT2D eigenvalue weighted by Crippen LogP contribution is 2.41. The lowest BCUT2D eigenvalue weighted by Crippen LogP contribution is -2.19. The lowest BCUT2D eigenvalue weighted by Gasteiger charge is -2.20. The van der Waals surface area contributed by atoms with E-state index in [1.165, 1.54) is 5.57 Å². The van der Waals surface area contributed by atoms with Gasteiger partial charge in [0.25, 0.3) is 0 Å². The Kier molecular flexibility index (Phi) is 7.29. The molecule has 3 aromatic rings. The summed E-state index contributed by atoms with van der Waals surface area (Å²) in [6.07, 6.45) is 8.98. The lowest BCUT2D eigenvalue weighted by atomic mass is 9.90. The molecule has 2 unspecified atom stereocenters. The van der Waals surface area contributed by atoms with Crippen molar-refractivity contribution in [2.75, 3.05) is 0 Å². The summed E-state index contributed by atoms with van der Waals surface area (Å²) in [4.78, 5) is 12.5. The summed E-state index contributed by atoms with van der Waals surface area (Å²) in [5.41, 5.74) is 12.1. The average Bonchev–Trinajstić information content (AvgIpc) is 3.30. The van der Waals surface area contributed by atoms with Gasteiger partial charge in [-0.2, -0.15) is 0 Å². The molecule has 1 aliphatic carbocycles. The van der Waals surface area contributed by atoms with Gasteiger partial charge in [0.15, 0.2) is 0 Å². The zero-order chi connectivity index (χ0) is 24.1. The summed E-state index contributed by atoms with van der Waals surface area (Å²) in [5, 5.41) is 10.4. The zero-order valence-corrected chi connectivity index (χ0v) is 19.7. The van der Waals surface area contributed by atoms with E-state index in [-0.39, 0.29) is 12.0 Å². The summed E-state index contributed by atoms with van der Waals surface area (Å²) in [5.74, 6) is 0.762. The smallest absolute Gasteiger partial charge is 0.343 e. The first-order valence-corrected chi connectivity index (χ1v) is 11.7. The Balaban J connectivity index is 1.39. The third-order valence-corrected chi connectivity index (χ3v) is 6.44. The second kappa shape index (κ2) is 10.5. The molecule has 1 saturated carbocycles. The number of benzene rings is 3. The van der Waals surface area contributed by atoms with Crippen molar-refractivity contribution in [2.45, 2.75) is 39.2 Å². The summed E-state index contributed by atoms with van der Waals surface area (Å²) < 4.78 is 5.55. The molecule has 4 heteroatoms. The normalized spacial score (nSPS) is 17.9. The predicted octanol–water partition coefficient (Wildman–Crippen LogP) is 6.84. The number of nitrogens with two attached hydrogens (primary N) is 1. The van der Waals surface area contributed by atoms with E-state index in [4.69, 9.17) is 10.5 Å². The lowest BCUT2D eigenvalue weighted by molar-refractivity contribution is 0.0734. The molecule has 1 aliphatic rings. The van der Waals surface area contributed by atoms with Crippen LogP contribution in [0.15, 0.2) is 78.4 Å². The molecule has 0 spiro atoms. The second-order valence-corrected chi connectivity index (χ2v) is 8.93. The van der Waals surface area contributed by atoms with E-state index >= 15 is 0 Å². The number of para-hydroxylation sites is 1. The number of allylic oxidation sites excluding steroid dienone is 2. The maximum Gasteiger partial charge on any atom is 0.343 e. The number of aromatic hydroxyl groups is 1. The first-order valence-electron chi connectivity index (χ1n) is 11.7. The van der Waals surface area contributed by atoms with Crippen molar-refractivity contribution in [1.29, 1.82) is 0 Å². The van der Waals surface area contributed by atoms with Crippen LogP contribution in [0.2, 0.25) is 0 Å². The van der Waals surface area contributed by atoms with Gasteiger partial charge in [0.1, 0.15) is 11.5 Å². The Labute approximate surface area is 201 Å². The Morgan fingerprint density at radius 3 is 2.62 bits per heavy atom. The highest BCUT2D eigenvalue weighted by atomic mass is 16.5. The van der Waals surface area contributed by atoms with Crippen LogP contribution < -0.4 is 10.5 Å². The summed E-state index contributed by atoms with van der Waals surface area (Å²) in [6, 6.07) is 20.5. The first kappa shape index (κ1) is 23.5. The van der Waals surface area contributed by atoms with Crippen LogP contribution in [0.4, 0.5) is 0 Å². The Bertz CT molecular complexity index is 1220. The molecule has 3 aromatic carbocycles. The molecule has 0 heterocycles. The van der Waals surface area contributed by atoms with Crippen LogP contribution in [0, 0.1) is 12.8 Å². The quantitative estimate of drug-likeness (QED) is 0.317. The molecule has 0 aliphatic heterocycles. The van der Waals surface area contributed by atoms with Crippen molar-refractivity contribution in [3.63, 3.8) is 0 Å². The van der Waals surface area contributed by atoms with Gasteiger partial charge in [-0.05, 0) is 80.0 Å². The number of phenolic OH excluding ortho intramolecular Hbond substituents is 1. The van der Waals surface area contributed by atoms with Crippen LogP contribution in [0.3, 0.4) is 0 Å². The Morgan fingerprint density at radius 2 is 1.85 bits per heavy atom. The molecule has 0 saturated heterocycles. The third kappa shape index (κ3) is 5.46. The predicted molar refractivity (Wildman–Crippen MR) is 138 cm³/mol. The maximum atomic E-state index is 12.5. The van der Waals surface area contributed by atoms with Crippen LogP contribution in [0.1, 0.15) is 64.8 Å². The fourth-order valence-corrected chi connectivity index (χ4v) is 4.55. The van der Waals surface area contributed by atoms with Crippen molar-refractivity contribution in [1.82, 2.24) is 0 Å². The number of hydrogen-bond donors (Lipinski definition) is 2. The van der Waals surface area contributed by atoms with Gasteiger partial charge in [-0.15, -0.1) is 0 Å². The summed E-state index contributed by atoms with van der Waals surface area (Å²) >= 11 is 0.